The molecule has 0 saturated heterocycles. The van der Waals surface area contributed by atoms with Crippen LogP contribution >= 0.6 is 11.3 Å². The van der Waals surface area contributed by atoms with Crippen LogP contribution in [0.3, 0.4) is 0 Å². The Morgan fingerprint density at radius 1 is 1.40 bits per heavy atom. The summed E-state index contributed by atoms with van der Waals surface area (Å²) in [5.74, 6) is -0.603. The Kier molecular flexibility index (Phi) is 6.97. The number of hydrogen-bond acceptors (Lipinski definition) is 5. The molecule has 3 N–H and O–H groups in total. The molecule has 1 rings (SSSR count). The molecular formula is C14H20N2O3S. The van der Waals surface area contributed by atoms with Crippen molar-refractivity contribution in [2.75, 3.05) is 11.9 Å². The van der Waals surface area contributed by atoms with Crippen LogP contribution in [0.5, 0.6) is 0 Å². The summed E-state index contributed by atoms with van der Waals surface area (Å²) in [5.41, 5.74) is 5.94. The molecule has 1 aromatic rings. The first kappa shape index (κ1) is 16.4. The molecule has 0 unspecified atom stereocenters. The molecule has 0 fully saturated rings. The van der Waals surface area contributed by atoms with Crippen molar-refractivity contribution >= 4 is 28.2 Å². The molecule has 20 heavy (non-hydrogen) atoms. The zero-order chi connectivity index (χ0) is 15.0. The molecule has 0 bridgehead atoms. The summed E-state index contributed by atoms with van der Waals surface area (Å²) in [6, 6.07) is 1.67. The quantitative estimate of drug-likeness (QED) is 0.598. The lowest BCUT2D eigenvalue weighted by molar-refractivity contribution is -0.115. The number of carbonyl (C=O) groups is 2. The molecule has 0 spiro atoms. The molecule has 0 aliphatic rings. The Balaban J connectivity index is 2.82. The number of thiophene rings is 1. The molecule has 110 valence electrons. The van der Waals surface area contributed by atoms with Gasteiger partial charge in [0.1, 0.15) is 5.00 Å². The lowest BCUT2D eigenvalue weighted by Crippen LogP contribution is -2.13. The van der Waals surface area contributed by atoms with Gasteiger partial charge in [-0.15, -0.1) is 11.3 Å². The molecule has 1 aromatic heterocycles. The number of nitrogens with two attached hydrogens (primary N) is 1. The summed E-state index contributed by atoms with van der Waals surface area (Å²) >= 11 is 1.30. The van der Waals surface area contributed by atoms with Crippen LogP contribution in [0.15, 0.2) is 18.2 Å². The first-order chi connectivity index (χ1) is 9.62. The van der Waals surface area contributed by atoms with E-state index in [9.17, 15) is 9.59 Å². The minimum atomic E-state index is -0.442. The second-order valence-corrected chi connectivity index (χ2v) is 5.15. The highest BCUT2D eigenvalue weighted by Gasteiger charge is 2.18. The van der Waals surface area contributed by atoms with Gasteiger partial charge < -0.3 is 15.8 Å². The summed E-state index contributed by atoms with van der Waals surface area (Å²) in [7, 11) is 0. The minimum absolute atomic E-state index is 0.161. The van der Waals surface area contributed by atoms with Crippen molar-refractivity contribution in [1.29, 1.82) is 0 Å². The van der Waals surface area contributed by atoms with Crippen LogP contribution in [0.2, 0.25) is 0 Å². The Labute approximate surface area is 122 Å². The van der Waals surface area contributed by atoms with Crippen molar-refractivity contribution in [3.05, 3.63) is 28.7 Å². The van der Waals surface area contributed by atoms with Crippen molar-refractivity contribution in [2.45, 2.75) is 33.2 Å². The van der Waals surface area contributed by atoms with Crippen LogP contribution in [0.4, 0.5) is 5.00 Å². The SMILES string of the molecule is CC/C=C\CC(=O)Nc1sc(CN)cc1C(=O)OCC. The fourth-order valence-electron chi connectivity index (χ4n) is 1.53. The van der Waals surface area contributed by atoms with Gasteiger partial charge in [0, 0.05) is 17.8 Å². The zero-order valence-corrected chi connectivity index (χ0v) is 12.6. The summed E-state index contributed by atoms with van der Waals surface area (Å²) in [6.45, 7) is 4.35. The fraction of sp³-hybridized carbons (Fsp3) is 0.429. The maximum Gasteiger partial charge on any atom is 0.341 e. The van der Waals surface area contributed by atoms with E-state index in [4.69, 9.17) is 10.5 Å². The van der Waals surface area contributed by atoms with E-state index in [0.29, 0.717) is 23.7 Å². The first-order valence-corrected chi connectivity index (χ1v) is 7.38. The number of ether oxygens (including phenoxy) is 1. The third kappa shape index (κ3) is 4.79. The molecule has 0 aromatic carbocycles. The monoisotopic (exact) mass is 296 g/mol. The number of allylic oxidation sites excluding steroid dienone is 1. The van der Waals surface area contributed by atoms with E-state index < -0.39 is 5.97 Å². The summed E-state index contributed by atoms with van der Waals surface area (Å²) in [6.07, 6.45) is 4.89. The van der Waals surface area contributed by atoms with Crippen molar-refractivity contribution < 1.29 is 14.3 Å². The number of esters is 1. The van der Waals surface area contributed by atoms with Crippen LogP contribution in [-0.4, -0.2) is 18.5 Å². The lowest BCUT2D eigenvalue weighted by atomic mass is 10.2. The zero-order valence-electron chi connectivity index (χ0n) is 11.8. The highest BCUT2D eigenvalue weighted by atomic mass is 32.1. The van der Waals surface area contributed by atoms with Crippen molar-refractivity contribution in [3.63, 3.8) is 0 Å². The van der Waals surface area contributed by atoms with Crippen molar-refractivity contribution in [3.8, 4) is 0 Å². The Hall–Kier alpha value is -1.66. The van der Waals surface area contributed by atoms with E-state index in [-0.39, 0.29) is 12.3 Å². The number of nitrogens with one attached hydrogen (secondary N) is 1. The van der Waals surface area contributed by atoms with Crippen LogP contribution < -0.4 is 11.1 Å². The molecule has 1 amide bonds. The molecule has 1 heterocycles. The molecule has 0 aliphatic heterocycles. The second-order valence-electron chi connectivity index (χ2n) is 4.01. The van der Waals surface area contributed by atoms with Gasteiger partial charge in [-0.25, -0.2) is 4.79 Å². The number of amides is 1. The van der Waals surface area contributed by atoms with E-state index in [1.54, 1.807) is 19.1 Å². The average Bonchev–Trinajstić information content (AvgIpc) is 2.82. The topological polar surface area (TPSA) is 81.4 Å². The van der Waals surface area contributed by atoms with Gasteiger partial charge >= 0.3 is 5.97 Å². The van der Waals surface area contributed by atoms with Crippen molar-refractivity contribution in [2.24, 2.45) is 5.73 Å². The maximum absolute atomic E-state index is 11.8. The third-order valence-electron chi connectivity index (χ3n) is 2.44. The van der Waals surface area contributed by atoms with Crippen LogP contribution in [0, 0.1) is 0 Å². The minimum Gasteiger partial charge on any atom is -0.462 e. The molecule has 6 heteroatoms. The largest absolute Gasteiger partial charge is 0.462 e. The van der Waals surface area contributed by atoms with Crippen LogP contribution in [0.25, 0.3) is 0 Å². The van der Waals surface area contributed by atoms with Crippen LogP contribution in [-0.2, 0) is 16.1 Å². The fourth-order valence-corrected chi connectivity index (χ4v) is 2.47. The van der Waals surface area contributed by atoms with Gasteiger partial charge in [0.15, 0.2) is 0 Å². The molecule has 0 atom stereocenters. The first-order valence-electron chi connectivity index (χ1n) is 6.57. The normalized spacial score (nSPS) is 10.8. The van der Waals surface area contributed by atoms with Gasteiger partial charge in [-0.1, -0.05) is 19.1 Å². The Morgan fingerprint density at radius 3 is 2.75 bits per heavy atom. The smallest absolute Gasteiger partial charge is 0.341 e. The van der Waals surface area contributed by atoms with Gasteiger partial charge in [0.05, 0.1) is 12.2 Å². The average molecular weight is 296 g/mol. The predicted octanol–water partition coefficient (Wildman–Crippen LogP) is 2.68. The Morgan fingerprint density at radius 2 is 2.15 bits per heavy atom. The number of carbonyl (C=O) groups excluding carboxylic acids is 2. The number of anilines is 1. The Bertz CT molecular complexity index is 495. The van der Waals surface area contributed by atoms with E-state index in [1.165, 1.54) is 11.3 Å². The molecule has 0 saturated carbocycles. The second kappa shape index (κ2) is 8.50. The number of hydrogen-bond donors (Lipinski definition) is 2. The third-order valence-corrected chi connectivity index (χ3v) is 3.51. The molecule has 5 nitrogen and oxygen atoms in total. The number of rotatable bonds is 7. The van der Waals surface area contributed by atoms with Gasteiger partial charge in [-0.3, -0.25) is 4.79 Å². The van der Waals surface area contributed by atoms with Gasteiger partial charge in [-0.05, 0) is 19.4 Å². The summed E-state index contributed by atoms with van der Waals surface area (Å²) < 4.78 is 4.97. The van der Waals surface area contributed by atoms with Crippen LogP contribution in [0.1, 0.15) is 41.9 Å². The molecule has 0 radical (unpaired) electrons. The van der Waals surface area contributed by atoms with Gasteiger partial charge in [-0.2, -0.15) is 0 Å². The standard InChI is InChI=1S/C14H20N2O3S/c1-3-5-6-7-12(17)16-13-11(14(18)19-4-2)8-10(9-15)20-13/h5-6,8H,3-4,7,9,15H2,1-2H3,(H,16,17)/b6-5-. The highest BCUT2D eigenvalue weighted by molar-refractivity contribution is 7.16. The van der Waals surface area contributed by atoms with Gasteiger partial charge in [0.2, 0.25) is 5.91 Å². The maximum atomic E-state index is 11.8. The van der Waals surface area contributed by atoms with E-state index in [1.807, 2.05) is 13.0 Å². The van der Waals surface area contributed by atoms with E-state index >= 15 is 0 Å². The van der Waals surface area contributed by atoms with E-state index in [2.05, 4.69) is 5.32 Å². The highest BCUT2D eigenvalue weighted by Crippen LogP contribution is 2.28. The summed E-state index contributed by atoms with van der Waals surface area (Å²) in [5, 5.41) is 3.23. The summed E-state index contributed by atoms with van der Waals surface area (Å²) in [4.78, 5) is 24.4. The lowest BCUT2D eigenvalue weighted by Gasteiger charge is -2.04. The predicted molar refractivity (Wildman–Crippen MR) is 80.8 cm³/mol. The molecular weight excluding hydrogens is 276 g/mol. The molecule has 0 aliphatic carbocycles. The van der Waals surface area contributed by atoms with Crippen molar-refractivity contribution in [1.82, 2.24) is 0 Å². The van der Waals surface area contributed by atoms with Gasteiger partial charge in [0.25, 0.3) is 0 Å². The van der Waals surface area contributed by atoms with E-state index in [0.717, 1.165) is 11.3 Å².